The molecule has 0 radical (unpaired) electrons. The van der Waals surface area contributed by atoms with Crippen LogP contribution >= 0.6 is 0 Å². The van der Waals surface area contributed by atoms with Crippen LogP contribution in [0, 0.1) is 5.41 Å². The highest BCUT2D eigenvalue weighted by atomic mass is 16.1. The second-order valence-electron chi connectivity index (χ2n) is 5.25. The van der Waals surface area contributed by atoms with Gasteiger partial charge in [0.25, 0.3) is 0 Å². The van der Waals surface area contributed by atoms with Crippen LogP contribution in [0.1, 0.15) is 18.1 Å². The fraction of sp³-hybridized carbons (Fsp3) is 0.235. The Balaban J connectivity index is 2.21. The van der Waals surface area contributed by atoms with Gasteiger partial charge in [-0.1, -0.05) is 67.6 Å². The Bertz CT molecular complexity index is 492. The molecule has 0 aliphatic rings. The lowest BCUT2D eigenvalue weighted by Gasteiger charge is -2.26. The first-order valence-electron chi connectivity index (χ1n) is 6.48. The second-order valence-corrected chi connectivity index (χ2v) is 5.25. The summed E-state index contributed by atoms with van der Waals surface area (Å²) in [6.45, 7) is 1.94. The van der Waals surface area contributed by atoms with Crippen LogP contribution in [0.15, 0.2) is 60.7 Å². The summed E-state index contributed by atoms with van der Waals surface area (Å²) in [5.41, 5.74) is 7.35. The SMILES string of the molecule is CC(Cc1ccccc1)(Cc1ccccc1)C(N)=O. The van der Waals surface area contributed by atoms with E-state index in [4.69, 9.17) is 5.73 Å². The van der Waals surface area contributed by atoms with Crippen LogP contribution in [-0.4, -0.2) is 5.91 Å². The maximum atomic E-state index is 11.9. The lowest BCUT2D eigenvalue weighted by atomic mass is 9.78. The van der Waals surface area contributed by atoms with Crippen molar-refractivity contribution < 1.29 is 4.79 Å². The maximum absolute atomic E-state index is 11.9. The molecule has 2 aromatic rings. The van der Waals surface area contributed by atoms with E-state index in [1.807, 2.05) is 67.6 Å². The van der Waals surface area contributed by atoms with E-state index in [0.29, 0.717) is 12.8 Å². The Hall–Kier alpha value is -2.09. The van der Waals surface area contributed by atoms with Gasteiger partial charge >= 0.3 is 0 Å². The first-order valence-corrected chi connectivity index (χ1v) is 6.48. The van der Waals surface area contributed by atoms with Crippen LogP contribution in [0.2, 0.25) is 0 Å². The topological polar surface area (TPSA) is 43.1 Å². The molecule has 0 saturated carbocycles. The van der Waals surface area contributed by atoms with Crippen molar-refractivity contribution in [2.24, 2.45) is 11.1 Å². The lowest BCUT2D eigenvalue weighted by Crippen LogP contribution is -2.38. The highest BCUT2D eigenvalue weighted by Crippen LogP contribution is 2.27. The zero-order valence-electron chi connectivity index (χ0n) is 11.2. The molecular formula is C17H19NO. The standard InChI is InChI=1S/C17H19NO/c1-17(16(18)19,12-14-8-4-2-5-9-14)13-15-10-6-3-7-11-15/h2-11H,12-13H2,1H3,(H2,18,19). The third-order valence-corrected chi connectivity index (χ3v) is 3.47. The number of benzene rings is 2. The average Bonchev–Trinajstić information content (AvgIpc) is 2.40. The summed E-state index contributed by atoms with van der Waals surface area (Å²) < 4.78 is 0. The maximum Gasteiger partial charge on any atom is 0.224 e. The van der Waals surface area contributed by atoms with Crippen molar-refractivity contribution in [1.82, 2.24) is 0 Å². The van der Waals surface area contributed by atoms with Crippen LogP contribution < -0.4 is 5.73 Å². The summed E-state index contributed by atoms with van der Waals surface area (Å²) in [6, 6.07) is 20.0. The number of carbonyl (C=O) groups excluding carboxylic acids is 1. The van der Waals surface area contributed by atoms with Gasteiger partial charge in [-0.05, 0) is 24.0 Å². The van der Waals surface area contributed by atoms with Crippen LogP contribution in [0.3, 0.4) is 0 Å². The normalized spacial score (nSPS) is 11.2. The van der Waals surface area contributed by atoms with Gasteiger partial charge in [0.2, 0.25) is 5.91 Å². The van der Waals surface area contributed by atoms with E-state index >= 15 is 0 Å². The molecule has 19 heavy (non-hydrogen) atoms. The first kappa shape index (κ1) is 13.3. The second kappa shape index (κ2) is 5.70. The molecule has 1 amide bonds. The summed E-state index contributed by atoms with van der Waals surface area (Å²) in [5, 5.41) is 0. The number of carbonyl (C=O) groups is 1. The number of nitrogens with two attached hydrogens (primary N) is 1. The van der Waals surface area contributed by atoms with Gasteiger partial charge in [0.1, 0.15) is 0 Å². The predicted octanol–water partition coefficient (Wildman–Crippen LogP) is 2.96. The van der Waals surface area contributed by atoms with E-state index in [1.54, 1.807) is 0 Å². The molecule has 0 aliphatic carbocycles. The first-order chi connectivity index (χ1) is 9.10. The Morgan fingerprint density at radius 2 is 1.26 bits per heavy atom. The van der Waals surface area contributed by atoms with E-state index in [1.165, 1.54) is 0 Å². The molecule has 0 heterocycles. The Labute approximate surface area is 114 Å². The number of amides is 1. The van der Waals surface area contributed by atoms with Crippen LogP contribution in [0.5, 0.6) is 0 Å². The van der Waals surface area contributed by atoms with Crippen molar-refractivity contribution in [3.63, 3.8) is 0 Å². The van der Waals surface area contributed by atoms with Gasteiger partial charge in [-0.25, -0.2) is 0 Å². The van der Waals surface area contributed by atoms with Crippen LogP contribution in [0.4, 0.5) is 0 Å². The smallest absolute Gasteiger partial charge is 0.224 e. The molecule has 0 spiro atoms. The summed E-state index contributed by atoms with van der Waals surface area (Å²) in [4.78, 5) is 11.9. The lowest BCUT2D eigenvalue weighted by molar-refractivity contribution is -0.126. The third kappa shape index (κ3) is 3.44. The van der Waals surface area contributed by atoms with Crippen LogP contribution in [0.25, 0.3) is 0 Å². The Morgan fingerprint density at radius 3 is 1.58 bits per heavy atom. The largest absolute Gasteiger partial charge is 0.369 e. The minimum absolute atomic E-state index is 0.250. The van der Waals surface area contributed by atoms with Gasteiger partial charge in [0, 0.05) is 0 Å². The van der Waals surface area contributed by atoms with Gasteiger partial charge in [-0.3, -0.25) is 4.79 Å². The molecule has 0 unspecified atom stereocenters. The van der Waals surface area contributed by atoms with E-state index < -0.39 is 5.41 Å². The van der Waals surface area contributed by atoms with E-state index in [2.05, 4.69) is 0 Å². The molecule has 2 rings (SSSR count). The highest BCUT2D eigenvalue weighted by molar-refractivity contribution is 5.81. The molecule has 0 fully saturated rings. The number of hydrogen-bond donors (Lipinski definition) is 1. The Kier molecular flexibility index (Phi) is 4.00. The van der Waals surface area contributed by atoms with Crippen LogP contribution in [-0.2, 0) is 17.6 Å². The van der Waals surface area contributed by atoms with Crippen molar-refractivity contribution in [2.45, 2.75) is 19.8 Å². The monoisotopic (exact) mass is 253 g/mol. The molecule has 0 bridgehead atoms. The molecule has 0 aromatic heterocycles. The average molecular weight is 253 g/mol. The number of primary amides is 1. The predicted molar refractivity (Wildman–Crippen MR) is 77.6 cm³/mol. The molecule has 2 N–H and O–H groups in total. The van der Waals surface area contributed by atoms with Gasteiger partial charge in [0.05, 0.1) is 5.41 Å². The molecule has 2 heteroatoms. The summed E-state index contributed by atoms with van der Waals surface area (Å²) in [7, 11) is 0. The molecule has 0 saturated heterocycles. The van der Waals surface area contributed by atoms with Crippen molar-refractivity contribution >= 4 is 5.91 Å². The Morgan fingerprint density at radius 1 is 0.895 bits per heavy atom. The third-order valence-electron chi connectivity index (χ3n) is 3.47. The van der Waals surface area contributed by atoms with E-state index in [0.717, 1.165) is 11.1 Å². The highest BCUT2D eigenvalue weighted by Gasteiger charge is 2.31. The fourth-order valence-corrected chi connectivity index (χ4v) is 2.33. The van der Waals surface area contributed by atoms with E-state index in [9.17, 15) is 4.79 Å². The van der Waals surface area contributed by atoms with Crippen molar-refractivity contribution in [3.8, 4) is 0 Å². The zero-order chi connectivity index (χ0) is 13.7. The number of rotatable bonds is 5. The zero-order valence-corrected chi connectivity index (χ0v) is 11.2. The summed E-state index contributed by atoms with van der Waals surface area (Å²) in [5.74, 6) is -0.250. The molecule has 98 valence electrons. The van der Waals surface area contributed by atoms with Gasteiger partial charge in [0.15, 0.2) is 0 Å². The molecule has 0 atom stereocenters. The molecular weight excluding hydrogens is 234 g/mol. The molecule has 0 aliphatic heterocycles. The van der Waals surface area contributed by atoms with Gasteiger partial charge in [-0.2, -0.15) is 0 Å². The summed E-state index contributed by atoms with van der Waals surface area (Å²) in [6.07, 6.45) is 1.33. The fourth-order valence-electron chi connectivity index (χ4n) is 2.33. The van der Waals surface area contributed by atoms with E-state index in [-0.39, 0.29) is 5.91 Å². The van der Waals surface area contributed by atoms with Gasteiger partial charge < -0.3 is 5.73 Å². The molecule has 2 aromatic carbocycles. The van der Waals surface area contributed by atoms with Crippen molar-refractivity contribution in [3.05, 3.63) is 71.8 Å². The summed E-state index contributed by atoms with van der Waals surface area (Å²) >= 11 is 0. The quantitative estimate of drug-likeness (QED) is 0.874. The minimum Gasteiger partial charge on any atom is -0.369 e. The number of hydrogen-bond acceptors (Lipinski definition) is 1. The van der Waals surface area contributed by atoms with Gasteiger partial charge in [-0.15, -0.1) is 0 Å². The van der Waals surface area contributed by atoms with Crippen molar-refractivity contribution in [2.75, 3.05) is 0 Å². The minimum atomic E-state index is -0.553. The van der Waals surface area contributed by atoms with Crippen molar-refractivity contribution in [1.29, 1.82) is 0 Å². The molecule has 2 nitrogen and oxygen atoms in total.